The van der Waals surface area contributed by atoms with Crippen LogP contribution >= 0.6 is 24.8 Å². The molecule has 0 aliphatic heterocycles. The number of hydrogen-bond acceptors (Lipinski definition) is 6. The van der Waals surface area contributed by atoms with E-state index in [-0.39, 0.29) is 37.1 Å². The highest BCUT2D eigenvalue weighted by Crippen LogP contribution is 2.17. The van der Waals surface area contributed by atoms with Crippen LogP contribution in [0.25, 0.3) is 11.4 Å². The Morgan fingerprint density at radius 3 is 2.61 bits per heavy atom. The van der Waals surface area contributed by atoms with Gasteiger partial charge in [0.05, 0.1) is 0 Å². The van der Waals surface area contributed by atoms with Gasteiger partial charge in [0.25, 0.3) is 0 Å². The number of benzene rings is 1. The Bertz CT molecular complexity index is 858. The molecule has 0 unspecified atom stereocenters. The van der Waals surface area contributed by atoms with Gasteiger partial charge in [-0.1, -0.05) is 30.3 Å². The van der Waals surface area contributed by atoms with Gasteiger partial charge in [-0.2, -0.15) is 4.98 Å². The van der Waals surface area contributed by atoms with E-state index in [0.29, 0.717) is 24.7 Å². The number of rotatable bonds is 8. The molecule has 0 bridgehead atoms. The Morgan fingerprint density at radius 2 is 1.86 bits per heavy atom. The molecule has 0 saturated carbocycles. The SMILES string of the molecule is CCNCc1ccccc1NC(=O)CCc1nc(-c2ccncc2)no1.Cl.Cl. The van der Waals surface area contributed by atoms with Crippen LogP contribution in [0.2, 0.25) is 0 Å². The van der Waals surface area contributed by atoms with Crippen LogP contribution in [-0.2, 0) is 17.8 Å². The number of aromatic nitrogens is 3. The van der Waals surface area contributed by atoms with Gasteiger partial charge in [0, 0.05) is 43.0 Å². The van der Waals surface area contributed by atoms with Crippen LogP contribution in [0, 0.1) is 0 Å². The molecule has 1 aromatic carbocycles. The Labute approximate surface area is 176 Å². The average molecular weight is 424 g/mol. The minimum absolute atomic E-state index is 0. The fraction of sp³-hybridized carbons (Fsp3) is 0.263. The molecule has 0 spiro atoms. The third-order valence-corrected chi connectivity index (χ3v) is 3.83. The summed E-state index contributed by atoms with van der Waals surface area (Å²) >= 11 is 0. The number of halogens is 2. The van der Waals surface area contributed by atoms with Crippen molar-refractivity contribution >= 4 is 36.4 Å². The van der Waals surface area contributed by atoms with Gasteiger partial charge in [0.1, 0.15) is 0 Å². The molecule has 0 aliphatic rings. The summed E-state index contributed by atoms with van der Waals surface area (Å²) in [5.41, 5.74) is 2.71. The zero-order chi connectivity index (χ0) is 18.2. The van der Waals surface area contributed by atoms with Crippen molar-refractivity contribution in [2.45, 2.75) is 26.3 Å². The van der Waals surface area contributed by atoms with E-state index in [0.717, 1.165) is 23.4 Å². The lowest BCUT2D eigenvalue weighted by Crippen LogP contribution is -2.17. The average Bonchev–Trinajstić information content (AvgIpc) is 3.15. The number of carbonyl (C=O) groups is 1. The molecule has 3 rings (SSSR count). The zero-order valence-corrected chi connectivity index (χ0v) is 17.1. The first-order chi connectivity index (χ1) is 12.8. The minimum atomic E-state index is -0.0855. The monoisotopic (exact) mass is 423 g/mol. The van der Waals surface area contributed by atoms with Gasteiger partial charge < -0.3 is 15.2 Å². The molecule has 7 nitrogen and oxygen atoms in total. The molecule has 3 aromatic rings. The number of hydrogen-bond donors (Lipinski definition) is 2. The van der Waals surface area contributed by atoms with E-state index in [1.54, 1.807) is 12.4 Å². The minimum Gasteiger partial charge on any atom is -0.339 e. The Hall–Kier alpha value is -2.48. The maximum atomic E-state index is 12.3. The second kappa shape index (κ2) is 12.1. The molecular weight excluding hydrogens is 401 g/mol. The number of pyridine rings is 1. The highest BCUT2D eigenvalue weighted by molar-refractivity contribution is 5.91. The first-order valence-corrected chi connectivity index (χ1v) is 8.57. The van der Waals surface area contributed by atoms with E-state index in [9.17, 15) is 4.79 Å². The predicted molar refractivity (Wildman–Crippen MR) is 113 cm³/mol. The lowest BCUT2D eigenvalue weighted by atomic mass is 10.1. The number of anilines is 1. The van der Waals surface area contributed by atoms with Gasteiger partial charge in [-0.3, -0.25) is 9.78 Å². The quantitative estimate of drug-likeness (QED) is 0.574. The summed E-state index contributed by atoms with van der Waals surface area (Å²) in [5, 5.41) is 10.2. The van der Waals surface area contributed by atoms with Crippen LogP contribution in [0.3, 0.4) is 0 Å². The largest absolute Gasteiger partial charge is 0.339 e. The smallest absolute Gasteiger partial charge is 0.227 e. The first-order valence-electron chi connectivity index (χ1n) is 8.57. The van der Waals surface area contributed by atoms with Crippen molar-refractivity contribution in [3.63, 3.8) is 0 Å². The maximum absolute atomic E-state index is 12.3. The van der Waals surface area contributed by atoms with E-state index >= 15 is 0 Å². The van der Waals surface area contributed by atoms with Gasteiger partial charge >= 0.3 is 0 Å². The van der Waals surface area contributed by atoms with Crippen LogP contribution in [0.5, 0.6) is 0 Å². The molecule has 0 aliphatic carbocycles. The highest BCUT2D eigenvalue weighted by Gasteiger charge is 2.11. The molecule has 0 saturated heterocycles. The van der Waals surface area contributed by atoms with Crippen LogP contribution in [0.15, 0.2) is 53.3 Å². The van der Waals surface area contributed by atoms with Crippen LogP contribution < -0.4 is 10.6 Å². The predicted octanol–water partition coefficient (Wildman–Crippen LogP) is 3.66. The third-order valence-electron chi connectivity index (χ3n) is 3.83. The van der Waals surface area contributed by atoms with E-state index in [1.807, 2.05) is 43.3 Å². The standard InChI is InChI=1S/C19H21N5O2.2ClH/c1-2-20-13-15-5-3-4-6-16(15)22-17(25)7-8-18-23-19(24-26-18)14-9-11-21-12-10-14;;/h3-6,9-12,20H,2,7-8,13H2,1H3,(H,22,25);2*1H. The van der Waals surface area contributed by atoms with Crippen LogP contribution in [0.1, 0.15) is 24.8 Å². The summed E-state index contributed by atoms with van der Waals surface area (Å²) < 4.78 is 5.22. The molecule has 0 fully saturated rings. The van der Waals surface area contributed by atoms with Crippen molar-refractivity contribution in [1.82, 2.24) is 20.4 Å². The molecule has 1 amide bonds. The third kappa shape index (κ3) is 6.60. The zero-order valence-electron chi connectivity index (χ0n) is 15.4. The van der Waals surface area contributed by atoms with Crippen molar-refractivity contribution in [2.75, 3.05) is 11.9 Å². The topological polar surface area (TPSA) is 92.9 Å². The molecule has 2 N–H and O–H groups in total. The van der Waals surface area contributed by atoms with Gasteiger partial charge in [0.15, 0.2) is 0 Å². The molecule has 150 valence electrons. The van der Waals surface area contributed by atoms with E-state index in [1.165, 1.54) is 0 Å². The normalized spacial score (nSPS) is 9.89. The second-order valence-electron chi connectivity index (χ2n) is 5.73. The molecule has 0 radical (unpaired) electrons. The van der Waals surface area contributed by atoms with Gasteiger partial charge in [-0.05, 0) is 30.3 Å². The second-order valence-corrected chi connectivity index (χ2v) is 5.73. The number of aryl methyl sites for hydroxylation is 1. The van der Waals surface area contributed by atoms with Crippen LogP contribution in [0.4, 0.5) is 5.69 Å². The summed E-state index contributed by atoms with van der Waals surface area (Å²) in [6.45, 7) is 3.64. The highest BCUT2D eigenvalue weighted by atomic mass is 35.5. The number of carbonyl (C=O) groups excluding carboxylic acids is 1. The lowest BCUT2D eigenvalue weighted by molar-refractivity contribution is -0.116. The maximum Gasteiger partial charge on any atom is 0.227 e. The molecule has 2 aromatic heterocycles. The summed E-state index contributed by atoms with van der Waals surface area (Å²) in [7, 11) is 0. The van der Waals surface area contributed by atoms with E-state index in [2.05, 4.69) is 25.8 Å². The Kier molecular flexibility index (Phi) is 10.2. The summed E-state index contributed by atoms with van der Waals surface area (Å²) in [6, 6.07) is 11.4. The summed E-state index contributed by atoms with van der Waals surface area (Å²) in [5.74, 6) is 0.851. The number of nitrogens with one attached hydrogen (secondary N) is 2. The molecule has 28 heavy (non-hydrogen) atoms. The Morgan fingerprint density at radius 1 is 1.11 bits per heavy atom. The van der Waals surface area contributed by atoms with Gasteiger partial charge in [0.2, 0.25) is 17.6 Å². The summed E-state index contributed by atoms with van der Waals surface area (Å²) in [6.07, 6.45) is 4.00. The number of nitrogens with zero attached hydrogens (tertiary/aromatic N) is 3. The summed E-state index contributed by atoms with van der Waals surface area (Å²) in [4.78, 5) is 20.5. The Balaban J connectivity index is 0.00000196. The van der Waals surface area contributed by atoms with Crippen molar-refractivity contribution in [1.29, 1.82) is 0 Å². The number of amides is 1. The van der Waals surface area contributed by atoms with Crippen molar-refractivity contribution in [2.24, 2.45) is 0 Å². The molecule has 2 heterocycles. The van der Waals surface area contributed by atoms with Crippen molar-refractivity contribution in [3.05, 3.63) is 60.2 Å². The van der Waals surface area contributed by atoms with E-state index < -0.39 is 0 Å². The molecule has 0 atom stereocenters. The number of para-hydroxylation sites is 1. The fourth-order valence-electron chi connectivity index (χ4n) is 2.46. The first kappa shape index (κ1) is 23.6. The molecular formula is C19H23Cl2N5O2. The van der Waals surface area contributed by atoms with Gasteiger partial charge in [-0.15, -0.1) is 24.8 Å². The van der Waals surface area contributed by atoms with Crippen molar-refractivity contribution in [3.8, 4) is 11.4 Å². The van der Waals surface area contributed by atoms with Gasteiger partial charge in [-0.25, -0.2) is 0 Å². The van der Waals surface area contributed by atoms with E-state index in [4.69, 9.17) is 4.52 Å². The fourth-order valence-corrected chi connectivity index (χ4v) is 2.46. The van der Waals surface area contributed by atoms with Crippen molar-refractivity contribution < 1.29 is 9.32 Å². The lowest BCUT2D eigenvalue weighted by Gasteiger charge is -2.11. The molecule has 9 heteroatoms. The van der Waals surface area contributed by atoms with Crippen LogP contribution in [-0.4, -0.2) is 27.6 Å².